The highest BCUT2D eigenvalue weighted by molar-refractivity contribution is 6.20. The molecule has 0 N–H and O–H groups in total. The fraction of sp³-hybridized carbons (Fsp3) is 0.882. The lowest BCUT2D eigenvalue weighted by Gasteiger charge is -2.37. The third kappa shape index (κ3) is 7.46. The van der Waals surface area contributed by atoms with E-state index in [-0.39, 0.29) is 5.38 Å². The van der Waals surface area contributed by atoms with Gasteiger partial charge in [0.2, 0.25) is 0 Å². The van der Waals surface area contributed by atoms with Gasteiger partial charge in [-0.05, 0) is 42.9 Å². The maximum atomic E-state index is 6.09. The van der Waals surface area contributed by atoms with E-state index in [1.165, 1.54) is 6.42 Å². The fourth-order valence-corrected chi connectivity index (χ4v) is 2.54. The summed E-state index contributed by atoms with van der Waals surface area (Å²) in [4.78, 5) is 0. The second-order valence-electron chi connectivity index (χ2n) is 7.83. The van der Waals surface area contributed by atoms with Gasteiger partial charge in [0.05, 0.1) is 0 Å². The summed E-state index contributed by atoms with van der Waals surface area (Å²) in [6, 6.07) is 0. The molecule has 0 aromatic heterocycles. The molecule has 0 heterocycles. The first-order valence-electron chi connectivity index (χ1n) is 7.30. The van der Waals surface area contributed by atoms with Crippen molar-refractivity contribution in [2.75, 3.05) is 0 Å². The number of hydrogen-bond donors (Lipinski definition) is 0. The van der Waals surface area contributed by atoms with Crippen molar-refractivity contribution in [3.63, 3.8) is 0 Å². The Balaban J connectivity index is 5.09. The molecule has 0 bridgehead atoms. The summed E-state index contributed by atoms with van der Waals surface area (Å²) in [7, 11) is 0. The van der Waals surface area contributed by atoms with E-state index in [4.69, 9.17) is 11.6 Å². The van der Waals surface area contributed by atoms with Crippen molar-refractivity contribution >= 4 is 11.6 Å². The maximum absolute atomic E-state index is 6.09. The first kappa shape index (κ1) is 18.0. The van der Waals surface area contributed by atoms with Crippen LogP contribution in [0.4, 0.5) is 0 Å². The molecule has 0 aromatic carbocycles. The molecule has 0 aromatic rings. The molecule has 0 nitrogen and oxygen atoms in total. The minimum Gasteiger partial charge on any atom is -0.123 e. The minimum absolute atomic E-state index is 0.238. The van der Waals surface area contributed by atoms with Crippen LogP contribution < -0.4 is 0 Å². The molecule has 0 radical (unpaired) electrons. The number of halogens is 1. The summed E-state index contributed by atoms with van der Waals surface area (Å²) in [5.41, 5.74) is 2.29. The smallest absolute Gasteiger partial charge is 0.0342 e. The quantitative estimate of drug-likeness (QED) is 0.399. The van der Waals surface area contributed by atoms with Gasteiger partial charge in [-0.15, -0.1) is 11.6 Å². The second kappa shape index (κ2) is 6.98. The average molecular weight is 273 g/mol. The molecule has 0 saturated heterocycles. The van der Waals surface area contributed by atoms with Crippen LogP contribution in [0.3, 0.4) is 0 Å². The van der Waals surface area contributed by atoms with Gasteiger partial charge < -0.3 is 0 Å². The first-order valence-corrected chi connectivity index (χ1v) is 7.74. The van der Waals surface area contributed by atoms with Gasteiger partial charge in [0.15, 0.2) is 0 Å². The molecule has 0 saturated carbocycles. The number of alkyl halides is 1. The Kier molecular flexibility index (Phi) is 7.00. The molecule has 1 heteroatoms. The molecule has 0 fully saturated rings. The summed E-state index contributed by atoms with van der Waals surface area (Å²) in [5.74, 6) is 0.651. The highest BCUT2D eigenvalue weighted by atomic mass is 35.5. The number of hydrogen-bond acceptors (Lipinski definition) is 0. The molecule has 0 aliphatic carbocycles. The standard InChI is InChI=1S/C17H33Cl/c1-9-14(11-10-13(2)18)15(17(6,7)8)12-16(3,4)5/h11,13,15H,9-10,12H2,1-8H3/b14-11+. The van der Waals surface area contributed by atoms with E-state index in [1.807, 2.05) is 0 Å². The zero-order chi connectivity index (χ0) is 14.6. The largest absolute Gasteiger partial charge is 0.123 e. The lowest BCUT2D eigenvalue weighted by molar-refractivity contribution is 0.193. The van der Waals surface area contributed by atoms with E-state index in [0.717, 1.165) is 12.8 Å². The monoisotopic (exact) mass is 272 g/mol. The van der Waals surface area contributed by atoms with Gasteiger partial charge in [-0.2, -0.15) is 0 Å². The average Bonchev–Trinajstić information content (AvgIpc) is 2.13. The Hall–Kier alpha value is 0.0300. The summed E-state index contributed by atoms with van der Waals surface area (Å²) in [6.45, 7) is 18.4. The van der Waals surface area contributed by atoms with Gasteiger partial charge in [0.25, 0.3) is 0 Å². The summed E-state index contributed by atoms with van der Waals surface area (Å²) < 4.78 is 0. The second-order valence-corrected chi connectivity index (χ2v) is 8.58. The topological polar surface area (TPSA) is 0 Å². The highest BCUT2D eigenvalue weighted by Crippen LogP contribution is 2.41. The van der Waals surface area contributed by atoms with Crippen molar-refractivity contribution in [3.8, 4) is 0 Å². The third-order valence-corrected chi connectivity index (χ3v) is 3.60. The molecule has 2 atom stereocenters. The normalized spacial score (nSPS) is 17.7. The lowest BCUT2D eigenvalue weighted by atomic mass is 9.68. The van der Waals surface area contributed by atoms with Crippen LogP contribution in [-0.2, 0) is 0 Å². The van der Waals surface area contributed by atoms with E-state index in [0.29, 0.717) is 16.7 Å². The number of rotatable bonds is 5. The van der Waals surface area contributed by atoms with E-state index in [1.54, 1.807) is 5.57 Å². The summed E-state index contributed by atoms with van der Waals surface area (Å²) in [6.07, 6.45) is 5.76. The molecule has 2 unspecified atom stereocenters. The van der Waals surface area contributed by atoms with E-state index >= 15 is 0 Å². The van der Waals surface area contributed by atoms with Gasteiger partial charge in [0.1, 0.15) is 0 Å². The first-order chi connectivity index (χ1) is 7.97. The van der Waals surface area contributed by atoms with Crippen molar-refractivity contribution in [1.29, 1.82) is 0 Å². The molecule has 18 heavy (non-hydrogen) atoms. The van der Waals surface area contributed by atoms with Crippen LogP contribution in [0.25, 0.3) is 0 Å². The van der Waals surface area contributed by atoms with Crippen LogP contribution >= 0.6 is 11.6 Å². The van der Waals surface area contributed by atoms with Gasteiger partial charge in [-0.1, -0.05) is 60.1 Å². The van der Waals surface area contributed by atoms with Gasteiger partial charge in [-0.25, -0.2) is 0 Å². The van der Waals surface area contributed by atoms with Crippen molar-refractivity contribution in [2.45, 2.75) is 80.0 Å². The minimum atomic E-state index is 0.238. The summed E-state index contributed by atoms with van der Waals surface area (Å²) >= 11 is 6.09. The zero-order valence-electron chi connectivity index (χ0n) is 13.7. The fourth-order valence-electron chi connectivity index (χ4n) is 2.45. The molecule has 0 aliphatic rings. The molecular weight excluding hydrogens is 240 g/mol. The Morgan fingerprint density at radius 3 is 1.89 bits per heavy atom. The molecule has 108 valence electrons. The molecule has 0 rings (SSSR count). The van der Waals surface area contributed by atoms with Crippen molar-refractivity contribution in [2.24, 2.45) is 16.7 Å². The van der Waals surface area contributed by atoms with Crippen LogP contribution in [0.5, 0.6) is 0 Å². The Labute approximate surface area is 120 Å². The summed E-state index contributed by atoms with van der Waals surface area (Å²) in [5, 5.41) is 0.238. The molecule has 0 aliphatic heterocycles. The van der Waals surface area contributed by atoms with E-state index < -0.39 is 0 Å². The Bertz CT molecular complexity index is 260. The van der Waals surface area contributed by atoms with Crippen LogP contribution in [0.1, 0.15) is 74.7 Å². The molecule has 0 spiro atoms. The van der Waals surface area contributed by atoms with Gasteiger partial charge >= 0.3 is 0 Å². The molecular formula is C17H33Cl. The van der Waals surface area contributed by atoms with Crippen molar-refractivity contribution in [1.82, 2.24) is 0 Å². The van der Waals surface area contributed by atoms with E-state index in [9.17, 15) is 0 Å². The SMILES string of the molecule is CC/C(=C\CC(C)Cl)C(CC(C)(C)C)C(C)(C)C. The van der Waals surface area contributed by atoms with E-state index in [2.05, 4.69) is 61.5 Å². The van der Waals surface area contributed by atoms with Crippen LogP contribution in [-0.4, -0.2) is 5.38 Å². The molecule has 0 amide bonds. The van der Waals surface area contributed by atoms with Crippen LogP contribution in [0.2, 0.25) is 0 Å². The van der Waals surface area contributed by atoms with Crippen LogP contribution in [0, 0.1) is 16.7 Å². The van der Waals surface area contributed by atoms with Gasteiger partial charge in [0, 0.05) is 5.38 Å². The van der Waals surface area contributed by atoms with Crippen LogP contribution in [0.15, 0.2) is 11.6 Å². The predicted octanol–water partition coefficient (Wildman–Crippen LogP) is 6.44. The Morgan fingerprint density at radius 2 is 1.61 bits per heavy atom. The third-order valence-electron chi connectivity index (χ3n) is 3.42. The van der Waals surface area contributed by atoms with Crippen molar-refractivity contribution < 1.29 is 0 Å². The highest BCUT2D eigenvalue weighted by Gasteiger charge is 2.30. The Morgan fingerprint density at radius 1 is 1.11 bits per heavy atom. The van der Waals surface area contributed by atoms with Gasteiger partial charge in [-0.3, -0.25) is 0 Å². The van der Waals surface area contributed by atoms with Crippen molar-refractivity contribution in [3.05, 3.63) is 11.6 Å². The maximum Gasteiger partial charge on any atom is 0.0342 e. The lowest BCUT2D eigenvalue weighted by Crippen LogP contribution is -2.27. The number of allylic oxidation sites excluding steroid dienone is 2. The predicted molar refractivity (Wildman–Crippen MR) is 85.3 cm³/mol. The zero-order valence-corrected chi connectivity index (χ0v) is 14.5.